The fourth-order valence-electron chi connectivity index (χ4n) is 1.70. The minimum absolute atomic E-state index is 0.470. The molecule has 2 N–H and O–H groups in total. The number of rotatable bonds is 5. The van der Waals surface area contributed by atoms with Crippen LogP contribution in [0.25, 0.3) is 11.1 Å². The smallest absolute Gasteiger partial charge is 0.423 e. The van der Waals surface area contributed by atoms with Gasteiger partial charge in [0.2, 0.25) is 0 Å². The Morgan fingerprint density at radius 2 is 2.17 bits per heavy atom. The Bertz CT molecular complexity index is 514. The monoisotopic (exact) mass is 246 g/mol. The lowest BCUT2D eigenvalue weighted by Gasteiger charge is -2.02. The van der Waals surface area contributed by atoms with E-state index in [0.717, 1.165) is 11.1 Å². The number of nitrogens with zero attached hydrogens (tertiary/aromatic N) is 2. The highest BCUT2D eigenvalue weighted by Crippen LogP contribution is 2.16. The van der Waals surface area contributed by atoms with E-state index in [-0.39, 0.29) is 0 Å². The third-order valence-electron chi connectivity index (χ3n) is 2.68. The van der Waals surface area contributed by atoms with Crippen LogP contribution in [0.5, 0.6) is 0 Å². The molecule has 0 spiro atoms. The minimum Gasteiger partial charge on any atom is -0.423 e. The number of aromatic nitrogens is 2. The van der Waals surface area contributed by atoms with Crippen LogP contribution < -0.4 is 5.46 Å². The molecule has 0 radical (unpaired) electrons. The molecule has 18 heavy (non-hydrogen) atoms. The van der Waals surface area contributed by atoms with Crippen LogP contribution in [-0.4, -0.2) is 40.7 Å². The van der Waals surface area contributed by atoms with Gasteiger partial charge in [-0.3, -0.25) is 4.68 Å². The summed E-state index contributed by atoms with van der Waals surface area (Å²) in [6, 6.07) is 7.10. The van der Waals surface area contributed by atoms with Gasteiger partial charge in [-0.15, -0.1) is 0 Å². The van der Waals surface area contributed by atoms with Crippen LogP contribution in [0, 0.1) is 0 Å². The third kappa shape index (κ3) is 2.98. The van der Waals surface area contributed by atoms with Crippen LogP contribution in [-0.2, 0) is 11.3 Å². The molecular formula is C12H15BN2O3. The van der Waals surface area contributed by atoms with Gasteiger partial charge in [0.1, 0.15) is 0 Å². The SMILES string of the molecule is COCCn1cc(-c2cccc(B(O)O)c2)cn1. The van der Waals surface area contributed by atoms with E-state index < -0.39 is 7.12 Å². The van der Waals surface area contributed by atoms with Crippen LogP contribution in [0.15, 0.2) is 36.7 Å². The van der Waals surface area contributed by atoms with Crippen molar-refractivity contribution >= 4 is 12.6 Å². The van der Waals surface area contributed by atoms with Crippen molar-refractivity contribution in [1.29, 1.82) is 0 Å². The second-order valence-electron chi connectivity index (χ2n) is 3.98. The van der Waals surface area contributed by atoms with E-state index in [1.807, 2.05) is 12.3 Å². The number of methoxy groups -OCH3 is 1. The highest BCUT2D eigenvalue weighted by atomic mass is 16.5. The van der Waals surface area contributed by atoms with E-state index >= 15 is 0 Å². The maximum Gasteiger partial charge on any atom is 0.488 e. The van der Waals surface area contributed by atoms with E-state index in [1.54, 1.807) is 36.2 Å². The van der Waals surface area contributed by atoms with Gasteiger partial charge in [-0.2, -0.15) is 5.10 Å². The van der Waals surface area contributed by atoms with Gasteiger partial charge in [-0.05, 0) is 11.0 Å². The molecule has 0 bridgehead atoms. The largest absolute Gasteiger partial charge is 0.488 e. The van der Waals surface area contributed by atoms with Crippen LogP contribution >= 0.6 is 0 Å². The van der Waals surface area contributed by atoms with Gasteiger partial charge in [0, 0.05) is 18.9 Å². The second kappa shape index (κ2) is 5.81. The number of benzene rings is 1. The molecule has 6 heteroatoms. The molecule has 1 heterocycles. The van der Waals surface area contributed by atoms with Crippen molar-refractivity contribution in [2.24, 2.45) is 0 Å². The van der Waals surface area contributed by atoms with E-state index in [1.165, 1.54) is 0 Å². The number of hydrogen-bond donors (Lipinski definition) is 2. The first kappa shape index (κ1) is 12.8. The highest BCUT2D eigenvalue weighted by molar-refractivity contribution is 6.58. The summed E-state index contributed by atoms with van der Waals surface area (Å²) in [5.74, 6) is 0. The lowest BCUT2D eigenvalue weighted by molar-refractivity contribution is 0.183. The molecule has 2 rings (SSSR count). The topological polar surface area (TPSA) is 67.5 Å². The van der Waals surface area contributed by atoms with Crippen LogP contribution in [0.2, 0.25) is 0 Å². The Kier molecular flexibility index (Phi) is 4.14. The zero-order valence-electron chi connectivity index (χ0n) is 10.2. The predicted octanol–water partition coefficient (Wildman–Crippen LogP) is -0.124. The molecular weight excluding hydrogens is 231 g/mol. The average Bonchev–Trinajstić information content (AvgIpc) is 2.85. The van der Waals surface area contributed by atoms with E-state index in [9.17, 15) is 0 Å². The normalized spacial score (nSPS) is 10.6. The molecule has 1 aromatic carbocycles. The first-order chi connectivity index (χ1) is 8.70. The Labute approximate surface area is 106 Å². The van der Waals surface area contributed by atoms with Crippen LogP contribution in [0.1, 0.15) is 0 Å². The fourth-order valence-corrected chi connectivity index (χ4v) is 1.70. The Hall–Kier alpha value is -1.63. The first-order valence-corrected chi connectivity index (χ1v) is 5.68. The summed E-state index contributed by atoms with van der Waals surface area (Å²) < 4.78 is 6.78. The summed E-state index contributed by atoms with van der Waals surface area (Å²) >= 11 is 0. The average molecular weight is 246 g/mol. The van der Waals surface area contributed by atoms with Crippen molar-refractivity contribution in [3.8, 4) is 11.1 Å². The van der Waals surface area contributed by atoms with Gasteiger partial charge in [-0.1, -0.05) is 24.3 Å². The van der Waals surface area contributed by atoms with Gasteiger partial charge in [-0.25, -0.2) is 0 Å². The Morgan fingerprint density at radius 1 is 1.33 bits per heavy atom. The van der Waals surface area contributed by atoms with E-state index in [0.29, 0.717) is 18.6 Å². The van der Waals surface area contributed by atoms with Crippen molar-refractivity contribution in [3.63, 3.8) is 0 Å². The van der Waals surface area contributed by atoms with Crippen LogP contribution in [0.4, 0.5) is 0 Å². The maximum atomic E-state index is 9.13. The number of hydrogen-bond acceptors (Lipinski definition) is 4. The molecule has 0 atom stereocenters. The van der Waals surface area contributed by atoms with Gasteiger partial charge in [0.15, 0.2) is 0 Å². The Balaban J connectivity index is 2.20. The van der Waals surface area contributed by atoms with Gasteiger partial charge in [0.05, 0.1) is 19.3 Å². The molecule has 5 nitrogen and oxygen atoms in total. The van der Waals surface area contributed by atoms with Crippen molar-refractivity contribution in [3.05, 3.63) is 36.7 Å². The van der Waals surface area contributed by atoms with Crippen LogP contribution in [0.3, 0.4) is 0 Å². The Morgan fingerprint density at radius 3 is 2.89 bits per heavy atom. The molecule has 2 aromatic rings. The van der Waals surface area contributed by atoms with Gasteiger partial charge in [0.25, 0.3) is 0 Å². The lowest BCUT2D eigenvalue weighted by Crippen LogP contribution is -2.29. The standard InChI is InChI=1S/C12H15BN2O3/c1-18-6-5-15-9-11(8-14-15)10-3-2-4-12(7-10)13(16)17/h2-4,7-9,16-17H,5-6H2,1H3. The fraction of sp³-hybridized carbons (Fsp3) is 0.250. The van der Waals surface area contributed by atoms with Crippen molar-refractivity contribution in [2.45, 2.75) is 6.54 Å². The molecule has 0 amide bonds. The van der Waals surface area contributed by atoms with Crippen molar-refractivity contribution in [2.75, 3.05) is 13.7 Å². The van der Waals surface area contributed by atoms with E-state index in [2.05, 4.69) is 5.10 Å². The highest BCUT2D eigenvalue weighted by Gasteiger charge is 2.11. The summed E-state index contributed by atoms with van der Waals surface area (Å²) in [4.78, 5) is 0. The molecule has 0 fully saturated rings. The molecule has 0 saturated heterocycles. The van der Waals surface area contributed by atoms with Gasteiger partial charge < -0.3 is 14.8 Å². The van der Waals surface area contributed by atoms with Crippen molar-refractivity contribution < 1.29 is 14.8 Å². The summed E-state index contributed by atoms with van der Waals surface area (Å²) in [5, 5.41) is 22.5. The minimum atomic E-state index is -1.45. The maximum absolute atomic E-state index is 9.13. The molecule has 0 aliphatic carbocycles. The van der Waals surface area contributed by atoms with Crippen molar-refractivity contribution in [1.82, 2.24) is 9.78 Å². The lowest BCUT2D eigenvalue weighted by atomic mass is 9.79. The second-order valence-corrected chi connectivity index (χ2v) is 3.98. The first-order valence-electron chi connectivity index (χ1n) is 5.68. The molecule has 0 saturated carbocycles. The predicted molar refractivity (Wildman–Crippen MR) is 69.4 cm³/mol. The molecule has 0 unspecified atom stereocenters. The zero-order chi connectivity index (χ0) is 13.0. The summed E-state index contributed by atoms with van der Waals surface area (Å²) in [5.41, 5.74) is 2.31. The summed E-state index contributed by atoms with van der Waals surface area (Å²) in [6.07, 6.45) is 3.65. The molecule has 0 aliphatic heterocycles. The van der Waals surface area contributed by atoms with E-state index in [4.69, 9.17) is 14.8 Å². The quantitative estimate of drug-likeness (QED) is 0.721. The number of ether oxygens (including phenoxy) is 1. The summed E-state index contributed by atoms with van der Waals surface area (Å²) in [7, 11) is 0.199. The summed E-state index contributed by atoms with van der Waals surface area (Å²) in [6.45, 7) is 1.30. The third-order valence-corrected chi connectivity index (χ3v) is 2.68. The molecule has 94 valence electrons. The zero-order valence-corrected chi connectivity index (χ0v) is 10.2. The van der Waals surface area contributed by atoms with Gasteiger partial charge >= 0.3 is 7.12 Å². The molecule has 1 aromatic heterocycles. The molecule has 0 aliphatic rings.